The molecule has 0 radical (unpaired) electrons. The van der Waals surface area contributed by atoms with E-state index in [1.807, 2.05) is 17.0 Å². The van der Waals surface area contributed by atoms with E-state index in [9.17, 15) is 4.79 Å². The smallest absolute Gasteiger partial charge is 0.266 e. The average Bonchev–Trinajstić information content (AvgIpc) is 2.95. The normalized spacial score (nSPS) is 19.3. The van der Waals surface area contributed by atoms with Crippen LogP contribution in [0.5, 0.6) is 0 Å². The number of anilines is 1. The average molecular weight is 274 g/mol. The lowest BCUT2D eigenvalue weighted by Gasteiger charge is -2.20. The molecule has 1 aliphatic heterocycles. The van der Waals surface area contributed by atoms with E-state index >= 15 is 0 Å². The van der Waals surface area contributed by atoms with E-state index in [-0.39, 0.29) is 5.91 Å². The lowest BCUT2D eigenvalue weighted by Crippen LogP contribution is -2.33. The van der Waals surface area contributed by atoms with E-state index in [1.165, 1.54) is 16.9 Å². The Morgan fingerprint density at radius 3 is 2.89 bits per heavy atom. The summed E-state index contributed by atoms with van der Waals surface area (Å²) in [4.78, 5) is 15.3. The van der Waals surface area contributed by atoms with Crippen LogP contribution in [0.4, 0.5) is 5.69 Å². The SMILES string of the molecule is Cc1cccc2c(N)c(C(=O)N3CCCC3C)sc12. The summed E-state index contributed by atoms with van der Waals surface area (Å²) in [5.41, 5.74) is 8.01. The maximum absolute atomic E-state index is 12.6. The van der Waals surface area contributed by atoms with Crippen LogP contribution < -0.4 is 5.73 Å². The van der Waals surface area contributed by atoms with Gasteiger partial charge in [-0.3, -0.25) is 4.79 Å². The van der Waals surface area contributed by atoms with Gasteiger partial charge in [-0.2, -0.15) is 0 Å². The van der Waals surface area contributed by atoms with Gasteiger partial charge in [0.15, 0.2) is 0 Å². The van der Waals surface area contributed by atoms with E-state index in [0.29, 0.717) is 16.6 Å². The molecule has 2 N–H and O–H groups in total. The van der Waals surface area contributed by atoms with E-state index in [4.69, 9.17) is 5.73 Å². The number of carbonyl (C=O) groups excluding carboxylic acids is 1. The Labute approximate surface area is 117 Å². The van der Waals surface area contributed by atoms with Crippen LogP contribution >= 0.6 is 11.3 Å². The first kappa shape index (κ1) is 12.5. The minimum Gasteiger partial charge on any atom is -0.397 e. The second kappa shape index (κ2) is 4.53. The van der Waals surface area contributed by atoms with Gasteiger partial charge in [0, 0.05) is 22.7 Å². The maximum atomic E-state index is 12.6. The third kappa shape index (κ3) is 1.91. The van der Waals surface area contributed by atoms with E-state index in [2.05, 4.69) is 19.9 Å². The van der Waals surface area contributed by atoms with Crippen molar-refractivity contribution in [3.8, 4) is 0 Å². The van der Waals surface area contributed by atoms with Crippen LogP contribution in [0.15, 0.2) is 18.2 Å². The van der Waals surface area contributed by atoms with Crippen molar-refractivity contribution in [2.75, 3.05) is 12.3 Å². The summed E-state index contributed by atoms with van der Waals surface area (Å²) in [6, 6.07) is 6.38. The van der Waals surface area contributed by atoms with Crippen molar-refractivity contribution < 1.29 is 4.79 Å². The van der Waals surface area contributed by atoms with Crippen molar-refractivity contribution in [1.82, 2.24) is 4.90 Å². The van der Waals surface area contributed by atoms with Crippen LogP contribution in [0.1, 0.15) is 35.0 Å². The number of benzene rings is 1. The van der Waals surface area contributed by atoms with Crippen LogP contribution in [0, 0.1) is 6.92 Å². The highest BCUT2D eigenvalue weighted by Gasteiger charge is 2.29. The van der Waals surface area contributed by atoms with Gasteiger partial charge in [0.1, 0.15) is 4.88 Å². The third-order valence-corrected chi connectivity index (χ3v) is 5.30. The zero-order valence-electron chi connectivity index (χ0n) is 11.3. The van der Waals surface area contributed by atoms with E-state index in [1.54, 1.807) is 0 Å². The maximum Gasteiger partial charge on any atom is 0.266 e. The highest BCUT2D eigenvalue weighted by molar-refractivity contribution is 7.21. The van der Waals surface area contributed by atoms with Crippen LogP contribution in [0.2, 0.25) is 0 Å². The molecular formula is C15H18N2OS. The molecule has 2 aromatic rings. The lowest BCUT2D eigenvalue weighted by molar-refractivity contribution is 0.0753. The molecule has 1 amide bonds. The number of nitrogens with two attached hydrogens (primary N) is 1. The number of carbonyl (C=O) groups is 1. The summed E-state index contributed by atoms with van der Waals surface area (Å²) < 4.78 is 1.13. The van der Waals surface area contributed by atoms with Crippen LogP contribution in [0.25, 0.3) is 10.1 Å². The number of likely N-dealkylation sites (tertiary alicyclic amines) is 1. The standard InChI is InChI=1S/C15H18N2OS/c1-9-5-3-7-11-12(16)14(19-13(9)11)15(18)17-8-4-6-10(17)2/h3,5,7,10H,4,6,8,16H2,1-2H3. The predicted molar refractivity (Wildman–Crippen MR) is 80.7 cm³/mol. The van der Waals surface area contributed by atoms with Crippen molar-refractivity contribution in [3.63, 3.8) is 0 Å². The Morgan fingerprint density at radius 1 is 1.47 bits per heavy atom. The van der Waals surface area contributed by atoms with Crippen molar-refractivity contribution in [3.05, 3.63) is 28.6 Å². The molecule has 100 valence electrons. The molecular weight excluding hydrogens is 256 g/mol. The van der Waals surface area contributed by atoms with Crippen LogP contribution in [-0.2, 0) is 0 Å². The molecule has 3 rings (SSSR count). The molecule has 1 aromatic heterocycles. The molecule has 0 aliphatic carbocycles. The molecule has 1 atom stereocenters. The number of hydrogen-bond acceptors (Lipinski definition) is 3. The largest absolute Gasteiger partial charge is 0.397 e. The quantitative estimate of drug-likeness (QED) is 0.866. The van der Waals surface area contributed by atoms with Gasteiger partial charge in [0.2, 0.25) is 0 Å². The van der Waals surface area contributed by atoms with Crippen LogP contribution in [-0.4, -0.2) is 23.4 Å². The number of rotatable bonds is 1. The lowest BCUT2D eigenvalue weighted by atomic mass is 10.1. The summed E-state index contributed by atoms with van der Waals surface area (Å²) in [5, 5.41) is 1.01. The fourth-order valence-corrected chi connectivity index (χ4v) is 3.95. The molecule has 3 nitrogen and oxygen atoms in total. The van der Waals surface area contributed by atoms with Crippen molar-refractivity contribution in [2.24, 2.45) is 0 Å². The molecule has 1 fully saturated rings. The number of nitrogens with zero attached hydrogens (tertiary/aromatic N) is 1. The number of thiophene rings is 1. The second-order valence-corrected chi connectivity index (χ2v) is 6.31. The zero-order chi connectivity index (χ0) is 13.6. The highest BCUT2D eigenvalue weighted by atomic mass is 32.1. The number of amides is 1. The predicted octanol–water partition coefficient (Wildman–Crippen LogP) is 3.42. The molecule has 0 bridgehead atoms. The molecule has 1 unspecified atom stereocenters. The molecule has 0 spiro atoms. The van der Waals surface area contributed by atoms with Gasteiger partial charge >= 0.3 is 0 Å². The van der Waals surface area contributed by atoms with Gasteiger partial charge in [-0.15, -0.1) is 11.3 Å². The molecule has 1 aliphatic rings. The Balaban J connectivity index is 2.08. The summed E-state index contributed by atoms with van der Waals surface area (Å²) in [7, 11) is 0. The number of hydrogen-bond donors (Lipinski definition) is 1. The first-order chi connectivity index (χ1) is 9.09. The molecule has 1 saturated heterocycles. The zero-order valence-corrected chi connectivity index (χ0v) is 12.1. The van der Waals surface area contributed by atoms with Gasteiger partial charge < -0.3 is 10.6 Å². The minimum absolute atomic E-state index is 0.100. The fourth-order valence-electron chi connectivity index (χ4n) is 2.80. The first-order valence-electron chi connectivity index (χ1n) is 6.68. The highest BCUT2D eigenvalue weighted by Crippen LogP contribution is 2.37. The van der Waals surface area contributed by atoms with Gasteiger partial charge in [-0.05, 0) is 32.3 Å². The summed E-state index contributed by atoms with van der Waals surface area (Å²) in [6.45, 7) is 5.03. The Kier molecular flexibility index (Phi) is 2.97. The Hall–Kier alpha value is -1.55. The van der Waals surface area contributed by atoms with E-state index < -0.39 is 0 Å². The Bertz CT molecular complexity index is 647. The monoisotopic (exact) mass is 274 g/mol. The Morgan fingerprint density at radius 2 is 2.26 bits per heavy atom. The topological polar surface area (TPSA) is 46.3 Å². The van der Waals surface area contributed by atoms with Crippen molar-refractivity contribution in [2.45, 2.75) is 32.7 Å². The van der Waals surface area contributed by atoms with Crippen molar-refractivity contribution >= 4 is 33.0 Å². The summed E-state index contributed by atoms with van der Waals surface area (Å²) in [5.74, 6) is 0.100. The fraction of sp³-hybridized carbons (Fsp3) is 0.400. The number of fused-ring (bicyclic) bond motifs is 1. The molecule has 2 heterocycles. The summed E-state index contributed by atoms with van der Waals surface area (Å²) in [6.07, 6.45) is 2.19. The first-order valence-corrected chi connectivity index (χ1v) is 7.50. The molecule has 1 aromatic carbocycles. The van der Waals surface area contributed by atoms with Gasteiger partial charge in [0.25, 0.3) is 5.91 Å². The van der Waals surface area contributed by atoms with Gasteiger partial charge in [-0.1, -0.05) is 18.2 Å². The minimum atomic E-state index is 0.100. The van der Waals surface area contributed by atoms with Crippen LogP contribution in [0.3, 0.4) is 0 Å². The number of aryl methyl sites for hydroxylation is 1. The molecule has 0 saturated carbocycles. The second-order valence-electron chi connectivity index (χ2n) is 5.29. The summed E-state index contributed by atoms with van der Waals surface area (Å²) >= 11 is 1.53. The van der Waals surface area contributed by atoms with E-state index in [0.717, 1.165) is 29.5 Å². The molecule has 19 heavy (non-hydrogen) atoms. The van der Waals surface area contributed by atoms with Crippen molar-refractivity contribution in [1.29, 1.82) is 0 Å². The number of nitrogen functional groups attached to an aromatic ring is 1. The van der Waals surface area contributed by atoms with Gasteiger partial charge in [0.05, 0.1) is 5.69 Å². The van der Waals surface area contributed by atoms with Gasteiger partial charge in [-0.25, -0.2) is 0 Å². The third-order valence-electron chi connectivity index (χ3n) is 3.96. The molecule has 4 heteroatoms.